The molecule has 0 unspecified atom stereocenters. The highest BCUT2D eigenvalue weighted by molar-refractivity contribution is 6.42. The van der Waals surface area contributed by atoms with E-state index in [2.05, 4.69) is 15.2 Å². The van der Waals surface area contributed by atoms with Gasteiger partial charge in [-0.05, 0) is 54.8 Å². The van der Waals surface area contributed by atoms with Gasteiger partial charge in [-0.2, -0.15) is 10.1 Å². The molecule has 0 atom stereocenters. The summed E-state index contributed by atoms with van der Waals surface area (Å²) in [5.41, 5.74) is 0.198. The van der Waals surface area contributed by atoms with Gasteiger partial charge >= 0.3 is 5.97 Å². The van der Waals surface area contributed by atoms with Crippen LogP contribution < -0.4 is 0 Å². The average molecular weight is 491 g/mol. The largest absolute Gasteiger partial charge is 0.478 e. The van der Waals surface area contributed by atoms with Crippen LogP contribution in [0.2, 0.25) is 10.0 Å². The van der Waals surface area contributed by atoms with Crippen LogP contribution in [0.25, 0.3) is 17.3 Å². The van der Waals surface area contributed by atoms with Crippen LogP contribution in [0.5, 0.6) is 0 Å². The molecule has 1 N–H and O–H groups in total. The number of benzene rings is 2. The molecule has 1 fully saturated rings. The molecule has 7 nitrogen and oxygen atoms in total. The first kappa shape index (κ1) is 21.5. The number of alkyl halides is 2. The van der Waals surface area contributed by atoms with Crippen molar-refractivity contribution >= 4 is 29.2 Å². The van der Waals surface area contributed by atoms with Gasteiger partial charge in [-0.15, -0.1) is 0 Å². The molecule has 2 heterocycles. The number of carboxylic acids is 1. The number of rotatable bonds is 6. The molecule has 0 radical (unpaired) electrons. The third-order valence-electron chi connectivity index (χ3n) is 5.61. The molecule has 0 bridgehead atoms. The second-order valence-electron chi connectivity index (χ2n) is 7.63. The minimum atomic E-state index is -2.84. The van der Waals surface area contributed by atoms with Gasteiger partial charge in [0.1, 0.15) is 5.69 Å². The van der Waals surface area contributed by atoms with E-state index in [0.29, 0.717) is 15.9 Å². The van der Waals surface area contributed by atoms with E-state index in [-0.39, 0.29) is 22.8 Å². The van der Waals surface area contributed by atoms with Gasteiger partial charge in [0.15, 0.2) is 11.5 Å². The van der Waals surface area contributed by atoms with Gasteiger partial charge in [0.2, 0.25) is 0 Å². The van der Waals surface area contributed by atoms with E-state index in [9.17, 15) is 13.6 Å². The van der Waals surface area contributed by atoms with Crippen molar-refractivity contribution in [2.45, 2.75) is 24.7 Å². The lowest BCUT2D eigenvalue weighted by Gasteiger charge is -2.13. The summed E-state index contributed by atoms with van der Waals surface area (Å²) in [5.74, 6) is -0.762. The predicted molar refractivity (Wildman–Crippen MR) is 115 cm³/mol. The lowest BCUT2D eigenvalue weighted by molar-refractivity contribution is 0.0697. The van der Waals surface area contributed by atoms with Gasteiger partial charge in [0, 0.05) is 0 Å². The summed E-state index contributed by atoms with van der Waals surface area (Å²) in [6, 6.07) is 11.9. The molecule has 168 valence electrons. The van der Waals surface area contributed by atoms with Crippen molar-refractivity contribution in [2.24, 2.45) is 0 Å². The first-order chi connectivity index (χ1) is 15.8. The number of halogens is 4. The van der Waals surface area contributed by atoms with Gasteiger partial charge in [0.05, 0.1) is 26.7 Å². The summed E-state index contributed by atoms with van der Waals surface area (Å²) in [6.07, 6.45) is -1.37. The Morgan fingerprint density at radius 1 is 1.15 bits per heavy atom. The monoisotopic (exact) mass is 490 g/mol. The number of nitrogens with zero attached hydrogens (tertiary/aromatic N) is 4. The molecule has 33 heavy (non-hydrogen) atoms. The van der Waals surface area contributed by atoms with Crippen molar-refractivity contribution in [1.29, 1.82) is 0 Å². The molecule has 2 aromatic carbocycles. The van der Waals surface area contributed by atoms with Crippen molar-refractivity contribution in [1.82, 2.24) is 19.9 Å². The molecule has 1 saturated carbocycles. The first-order valence-corrected chi connectivity index (χ1v) is 10.6. The third kappa shape index (κ3) is 3.67. The molecule has 0 saturated heterocycles. The number of carboxylic acid groups (broad SMARTS) is 1. The molecule has 0 amide bonds. The van der Waals surface area contributed by atoms with E-state index >= 15 is 0 Å². The van der Waals surface area contributed by atoms with Crippen LogP contribution in [-0.4, -0.2) is 31.0 Å². The minimum Gasteiger partial charge on any atom is -0.478 e. The lowest BCUT2D eigenvalue weighted by atomic mass is 9.95. The van der Waals surface area contributed by atoms with Gasteiger partial charge in [-0.1, -0.05) is 40.5 Å². The topological polar surface area (TPSA) is 94.0 Å². The molecule has 2 aromatic heterocycles. The van der Waals surface area contributed by atoms with E-state index in [1.54, 1.807) is 12.1 Å². The quantitative estimate of drug-likeness (QED) is 0.359. The maximum Gasteiger partial charge on any atom is 0.335 e. The Balaban J connectivity index is 1.52. The molecule has 4 aromatic rings. The van der Waals surface area contributed by atoms with E-state index in [4.69, 9.17) is 32.8 Å². The highest BCUT2D eigenvalue weighted by Crippen LogP contribution is 2.55. The van der Waals surface area contributed by atoms with Crippen LogP contribution in [0.15, 0.2) is 53.1 Å². The van der Waals surface area contributed by atoms with Gasteiger partial charge in [-0.25, -0.2) is 18.3 Å². The maximum atomic E-state index is 13.7. The highest BCUT2D eigenvalue weighted by Gasteiger charge is 2.51. The first-order valence-electron chi connectivity index (χ1n) is 9.81. The zero-order chi connectivity index (χ0) is 23.3. The number of carbonyl (C=O) groups is 1. The fourth-order valence-corrected chi connectivity index (χ4v) is 4.22. The van der Waals surface area contributed by atoms with Crippen molar-refractivity contribution in [3.8, 4) is 17.3 Å². The predicted octanol–water partition coefficient (Wildman–Crippen LogP) is 5.94. The number of aromatic carboxylic acids is 1. The zero-order valence-electron chi connectivity index (χ0n) is 16.7. The van der Waals surface area contributed by atoms with E-state index in [1.165, 1.54) is 30.3 Å². The molecule has 1 aliphatic rings. The highest BCUT2D eigenvalue weighted by atomic mass is 35.5. The maximum absolute atomic E-state index is 13.7. The third-order valence-corrected chi connectivity index (χ3v) is 6.43. The molecule has 0 spiro atoms. The second-order valence-corrected chi connectivity index (χ2v) is 8.41. The molecule has 0 aliphatic heterocycles. The van der Waals surface area contributed by atoms with Crippen LogP contribution in [0.4, 0.5) is 8.78 Å². The number of hydrogen-bond donors (Lipinski definition) is 1. The summed E-state index contributed by atoms with van der Waals surface area (Å²) >= 11 is 12.6. The Hall–Kier alpha value is -3.30. The lowest BCUT2D eigenvalue weighted by Crippen LogP contribution is -2.11. The van der Waals surface area contributed by atoms with Crippen LogP contribution in [0, 0.1) is 0 Å². The van der Waals surface area contributed by atoms with Crippen LogP contribution in [0.1, 0.15) is 46.7 Å². The van der Waals surface area contributed by atoms with Crippen LogP contribution in [-0.2, 0) is 5.41 Å². The molecular formula is C22H14Cl2F2N4O3. The Kier molecular flexibility index (Phi) is 5.18. The molecule has 1 aliphatic carbocycles. The van der Waals surface area contributed by atoms with E-state index < -0.39 is 23.5 Å². The van der Waals surface area contributed by atoms with Gasteiger partial charge in [0.25, 0.3) is 12.3 Å². The summed E-state index contributed by atoms with van der Waals surface area (Å²) in [5, 5.41) is 18.2. The van der Waals surface area contributed by atoms with Crippen molar-refractivity contribution in [3.05, 3.63) is 81.2 Å². The van der Waals surface area contributed by atoms with Crippen molar-refractivity contribution in [2.75, 3.05) is 0 Å². The van der Waals surface area contributed by atoms with Gasteiger partial charge < -0.3 is 9.63 Å². The zero-order valence-corrected chi connectivity index (χ0v) is 18.2. The smallest absolute Gasteiger partial charge is 0.335 e. The van der Waals surface area contributed by atoms with Crippen molar-refractivity contribution in [3.63, 3.8) is 0 Å². The normalized spacial score (nSPS) is 14.6. The van der Waals surface area contributed by atoms with E-state index in [0.717, 1.165) is 23.1 Å². The van der Waals surface area contributed by atoms with E-state index in [1.807, 2.05) is 6.07 Å². The Morgan fingerprint density at radius 3 is 2.52 bits per heavy atom. The Labute approximate surface area is 195 Å². The summed E-state index contributed by atoms with van der Waals surface area (Å²) in [7, 11) is 0. The molecule has 11 heteroatoms. The standard InChI is InChI=1S/C22H14Cl2F2N4O3/c23-14-3-1-2-13(17(14)24)22(8-9-22)21-27-19(33-29-21)15-10-16(18(25)26)30(28-15)12-6-4-11(5-7-12)20(31)32/h1-7,10,18H,8-9H2,(H,31,32). The Bertz CT molecular complexity index is 1360. The fraction of sp³-hybridized carbons (Fsp3) is 0.182. The fourth-order valence-electron chi connectivity index (χ4n) is 3.74. The minimum absolute atomic E-state index is 0.0165. The van der Waals surface area contributed by atoms with Crippen LogP contribution >= 0.6 is 23.2 Å². The number of hydrogen-bond acceptors (Lipinski definition) is 5. The SMILES string of the molecule is O=C(O)c1ccc(-n2nc(-c3nc(C4(c5cccc(Cl)c5Cl)CC4)no3)cc2C(F)F)cc1. The van der Waals surface area contributed by atoms with Crippen LogP contribution in [0.3, 0.4) is 0 Å². The van der Waals surface area contributed by atoms with Gasteiger partial charge in [-0.3, -0.25) is 0 Å². The second kappa shape index (κ2) is 7.93. The summed E-state index contributed by atoms with van der Waals surface area (Å²) in [4.78, 5) is 15.5. The summed E-state index contributed by atoms with van der Waals surface area (Å²) in [6.45, 7) is 0. The Morgan fingerprint density at radius 2 is 1.88 bits per heavy atom. The number of aromatic nitrogens is 4. The summed E-state index contributed by atoms with van der Waals surface area (Å²) < 4.78 is 33.8. The molecule has 5 rings (SSSR count). The van der Waals surface area contributed by atoms with Crippen molar-refractivity contribution < 1.29 is 23.2 Å². The average Bonchev–Trinajstić information content (AvgIpc) is 3.23. The molecular weight excluding hydrogens is 477 g/mol.